The molecule has 1 unspecified atom stereocenters. The van der Waals surface area contributed by atoms with Crippen molar-refractivity contribution >= 4 is 23.2 Å². The maximum absolute atomic E-state index is 13.2. The van der Waals surface area contributed by atoms with E-state index in [9.17, 15) is 14.0 Å². The molecule has 1 aliphatic rings. The molecule has 1 atom stereocenters. The number of nitrogens with zero attached hydrogens (tertiary/aromatic N) is 3. The van der Waals surface area contributed by atoms with Crippen LogP contribution in [-0.4, -0.2) is 65.9 Å². The van der Waals surface area contributed by atoms with Crippen LogP contribution in [0.25, 0.3) is 10.6 Å². The van der Waals surface area contributed by atoms with Gasteiger partial charge in [-0.2, -0.15) is 0 Å². The number of thiazole rings is 1. The number of rotatable bonds is 10. The van der Waals surface area contributed by atoms with Gasteiger partial charge in [0.25, 0.3) is 5.91 Å². The molecule has 0 radical (unpaired) electrons. The van der Waals surface area contributed by atoms with Gasteiger partial charge in [0.1, 0.15) is 15.7 Å². The molecule has 34 heavy (non-hydrogen) atoms. The Kier molecular flexibility index (Phi) is 9.59. The molecule has 2 heterocycles. The number of amides is 2. The minimum atomic E-state index is -0.293. The first kappa shape index (κ1) is 26.3. The lowest BCUT2D eigenvalue weighted by Gasteiger charge is -2.34. The molecule has 1 saturated heterocycles. The van der Waals surface area contributed by atoms with Gasteiger partial charge in [-0.05, 0) is 76.0 Å². The normalized spacial score (nSPS) is 15.5. The van der Waals surface area contributed by atoms with Crippen molar-refractivity contribution in [2.75, 3.05) is 39.3 Å². The van der Waals surface area contributed by atoms with Gasteiger partial charge in [0.15, 0.2) is 0 Å². The number of halogens is 1. The fraction of sp³-hybridized carbons (Fsp3) is 0.577. The molecule has 1 aliphatic heterocycles. The molecule has 1 fully saturated rings. The van der Waals surface area contributed by atoms with E-state index >= 15 is 0 Å². The van der Waals surface area contributed by atoms with E-state index in [0.29, 0.717) is 30.2 Å². The summed E-state index contributed by atoms with van der Waals surface area (Å²) in [5.41, 5.74) is 1.51. The number of aryl methyl sites for hydroxylation is 1. The zero-order chi connectivity index (χ0) is 24.7. The van der Waals surface area contributed by atoms with Crippen LogP contribution in [0.2, 0.25) is 0 Å². The van der Waals surface area contributed by atoms with Gasteiger partial charge in [0, 0.05) is 31.1 Å². The third-order valence-corrected chi connectivity index (χ3v) is 8.07. The van der Waals surface area contributed by atoms with Crippen LogP contribution in [-0.2, 0) is 4.79 Å². The van der Waals surface area contributed by atoms with Crippen molar-refractivity contribution in [1.29, 1.82) is 0 Å². The summed E-state index contributed by atoms with van der Waals surface area (Å²) in [6, 6.07) is 6.17. The average Bonchev–Trinajstić information content (AvgIpc) is 3.25. The molecule has 2 aromatic rings. The Labute approximate surface area is 206 Å². The summed E-state index contributed by atoms with van der Waals surface area (Å²) >= 11 is 1.36. The van der Waals surface area contributed by atoms with Crippen LogP contribution in [0.1, 0.15) is 55.4 Å². The van der Waals surface area contributed by atoms with Gasteiger partial charge in [-0.3, -0.25) is 9.59 Å². The molecule has 3 rings (SSSR count). The molecule has 0 bridgehead atoms. The largest absolute Gasteiger partial charge is 0.356 e. The Morgan fingerprint density at radius 1 is 1.21 bits per heavy atom. The van der Waals surface area contributed by atoms with Crippen LogP contribution in [0.5, 0.6) is 0 Å². The van der Waals surface area contributed by atoms with Gasteiger partial charge >= 0.3 is 0 Å². The second kappa shape index (κ2) is 12.4. The predicted octanol–water partition coefficient (Wildman–Crippen LogP) is 4.59. The van der Waals surface area contributed by atoms with Crippen LogP contribution in [0.3, 0.4) is 0 Å². The lowest BCUT2D eigenvalue weighted by Crippen LogP contribution is -2.43. The highest BCUT2D eigenvalue weighted by atomic mass is 32.1. The van der Waals surface area contributed by atoms with Gasteiger partial charge in [-0.1, -0.05) is 20.8 Å². The van der Waals surface area contributed by atoms with Crippen molar-refractivity contribution in [3.63, 3.8) is 0 Å². The number of carbonyl (C=O) groups is 2. The molecule has 0 saturated carbocycles. The molecular formula is C26H37FN4O2S. The Morgan fingerprint density at radius 3 is 2.47 bits per heavy atom. The summed E-state index contributed by atoms with van der Waals surface area (Å²) in [5.74, 6) is 0.0470. The summed E-state index contributed by atoms with van der Waals surface area (Å²) in [6.45, 7) is 13.2. The molecule has 6 nitrogen and oxygen atoms in total. The zero-order valence-corrected chi connectivity index (χ0v) is 21.6. The standard InChI is InChI=1S/C26H37FN4O2S/c1-5-30(6-2)15-7-14-28-24(32)18(3)20-12-16-31(17-13-20)26(33)23-19(4)29-25(34-23)21-8-10-22(27)11-9-21/h8-11,18,20H,5-7,12-17H2,1-4H3,(H,28,32). The van der Waals surface area contributed by atoms with E-state index in [1.54, 1.807) is 12.1 Å². The maximum Gasteiger partial charge on any atom is 0.265 e. The minimum Gasteiger partial charge on any atom is -0.356 e. The number of aromatic nitrogens is 1. The summed E-state index contributed by atoms with van der Waals surface area (Å²) < 4.78 is 13.2. The van der Waals surface area contributed by atoms with E-state index < -0.39 is 0 Å². The Morgan fingerprint density at radius 2 is 1.85 bits per heavy atom. The molecule has 1 aromatic heterocycles. The fourth-order valence-corrected chi connectivity index (χ4v) is 5.53. The highest BCUT2D eigenvalue weighted by Crippen LogP contribution is 2.31. The SMILES string of the molecule is CCN(CC)CCCNC(=O)C(C)C1CCN(C(=O)c2sc(-c3ccc(F)cc3)nc2C)CC1. The van der Waals surface area contributed by atoms with E-state index in [4.69, 9.17) is 0 Å². The third kappa shape index (κ3) is 6.63. The van der Waals surface area contributed by atoms with E-state index in [2.05, 4.69) is 29.0 Å². The second-order valence-electron chi connectivity index (χ2n) is 9.03. The first-order valence-electron chi connectivity index (χ1n) is 12.4. The van der Waals surface area contributed by atoms with Crippen LogP contribution in [0.15, 0.2) is 24.3 Å². The molecule has 0 spiro atoms. The average molecular weight is 489 g/mol. The monoisotopic (exact) mass is 488 g/mol. The Hall–Kier alpha value is -2.32. The van der Waals surface area contributed by atoms with E-state index in [1.165, 1.54) is 23.5 Å². The molecule has 2 amide bonds. The molecular weight excluding hydrogens is 451 g/mol. The van der Waals surface area contributed by atoms with Crippen molar-refractivity contribution < 1.29 is 14.0 Å². The zero-order valence-electron chi connectivity index (χ0n) is 20.8. The van der Waals surface area contributed by atoms with Gasteiger partial charge in [-0.25, -0.2) is 9.37 Å². The smallest absolute Gasteiger partial charge is 0.265 e. The van der Waals surface area contributed by atoms with Crippen molar-refractivity contribution in [2.45, 2.75) is 47.0 Å². The van der Waals surface area contributed by atoms with Gasteiger partial charge < -0.3 is 15.1 Å². The van der Waals surface area contributed by atoms with Crippen LogP contribution < -0.4 is 5.32 Å². The maximum atomic E-state index is 13.2. The third-order valence-electron chi connectivity index (χ3n) is 6.87. The lowest BCUT2D eigenvalue weighted by molar-refractivity contribution is -0.126. The highest BCUT2D eigenvalue weighted by Gasteiger charge is 2.31. The first-order valence-corrected chi connectivity index (χ1v) is 13.2. The van der Waals surface area contributed by atoms with Crippen LogP contribution in [0, 0.1) is 24.6 Å². The number of likely N-dealkylation sites (tertiary alicyclic amines) is 1. The molecule has 0 aliphatic carbocycles. The number of carbonyl (C=O) groups excluding carboxylic acids is 2. The van der Waals surface area contributed by atoms with Crippen molar-refractivity contribution in [3.05, 3.63) is 40.7 Å². The van der Waals surface area contributed by atoms with Crippen molar-refractivity contribution in [2.24, 2.45) is 11.8 Å². The summed E-state index contributed by atoms with van der Waals surface area (Å²) in [7, 11) is 0. The second-order valence-corrected chi connectivity index (χ2v) is 10.0. The topological polar surface area (TPSA) is 65.5 Å². The highest BCUT2D eigenvalue weighted by molar-refractivity contribution is 7.17. The summed E-state index contributed by atoms with van der Waals surface area (Å²) in [4.78, 5) is 35.2. The number of piperidine rings is 1. The first-order chi connectivity index (χ1) is 16.3. The van der Waals surface area contributed by atoms with E-state index in [0.717, 1.165) is 49.5 Å². The Balaban J connectivity index is 1.49. The Bertz CT molecular complexity index is 950. The summed E-state index contributed by atoms with van der Waals surface area (Å²) in [5, 5.41) is 3.82. The number of nitrogens with one attached hydrogen (secondary N) is 1. The number of benzene rings is 1. The van der Waals surface area contributed by atoms with Crippen LogP contribution in [0.4, 0.5) is 4.39 Å². The molecule has 1 N–H and O–H groups in total. The molecule has 8 heteroatoms. The number of hydrogen-bond donors (Lipinski definition) is 1. The van der Waals surface area contributed by atoms with E-state index in [1.807, 2.05) is 18.7 Å². The molecule has 1 aromatic carbocycles. The van der Waals surface area contributed by atoms with E-state index in [-0.39, 0.29) is 29.5 Å². The van der Waals surface area contributed by atoms with Gasteiger partial charge in [0.05, 0.1) is 5.69 Å². The van der Waals surface area contributed by atoms with Crippen LogP contribution >= 0.6 is 11.3 Å². The van der Waals surface area contributed by atoms with Crippen molar-refractivity contribution in [1.82, 2.24) is 20.1 Å². The fourth-order valence-electron chi connectivity index (χ4n) is 4.49. The molecule has 186 valence electrons. The quantitative estimate of drug-likeness (QED) is 0.497. The lowest BCUT2D eigenvalue weighted by atomic mass is 9.84. The summed E-state index contributed by atoms with van der Waals surface area (Å²) in [6.07, 6.45) is 2.60. The predicted molar refractivity (Wildman–Crippen MR) is 135 cm³/mol. The number of hydrogen-bond acceptors (Lipinski definition) is 5. The minimum absolute atomic E-state index is 0.00433. The van der Waals surface area contributed by atoms with Gasteiger partial charge in [-0.15, -0.1) is 11.3 Å². The van der Waals surface area contributed by atoms with Crippen molar-refractivity contribution in [3.8, 4) is 10.6 Å². The van der Waals surface area contributed by atoms with Gasteiger partial charge in [0.2, 0.25) is 5.91 Å².